The van der Waals surface area contributed by atoms with E-state index in [9.17, 15) is 4.79 Å². The molecule has 0 saturated carbocycles. The van der Waals surface area contributed by atoms with Crippen molar-refractivity contribution >= 4 is 22.5 Å². The van der Waals surface area contributed by atoms with Gasteiger partial charge in [-0.1, -0.05) is 17.7 Å². The maximum Gasteiger partial charge on any atom is 0.323 e. The highest BCUT2D eigenvalue weighted by Gasteiger charge is 2.05. The molecule has 1 aromatic carbocycles. The van der Waals surface area contributed by atoms with E-state index >= 15 is 0 Å². The van der Waals surface area contributed by atoms with E-state index < -0.39 is 0 Å². The number of ether oxygens (including phenoxy) is 1. The first-order valence-corrected chi connectivity index (χ1v) is 7.09. The van der Waals surface area contributed by atoms with Crippen LogP contribution in [-0.4, -0.2) is 17.7 Å². The molecule has 5 nitrogen and oxygen atoms in total. The second-order valence-corrected chi connectivity index (χ2v) is 5.34. The van der Waals surface area contributed by atoms with E-state index in [1.807, 2.05) is 44.4 Å². The van der Waals surface area contributed by atoms with Gasteiger partial charge in [-0.3, -0.25) is 5.32 Å². The SMILES string of the molecule is Cc1ccc(OCNC(=O)Nc2nc(C)cs2)c(C)c1. The largest absolute Gasteiger partial charge is 0.473 e. The number of thiazole rings is 1. The third-order valence-corrected chi connectivity index (χ3v) is 3.51. The Labute approximate surface area is 122 Å². The highest BCUT2D eigenvalue weighted by molar-refractivity contribution is 7.13. The summed E-state index contributed by atoms with van der Waals surface area (Å²) in [6.07, 6.45) is 0. The summed E-state index contributed by atoms with van der Waals surface area (Å²) in [7, 11) is 0. The van der Waals surface area contributed by atoms with Gasteiger partial charge in [-0.15, -0.1) is 11.3 Å². The molecule has 2 amide bonds. The van der Waals surface area contributed by atoms with Crippen LogP contribution in [0.3, 0.4) is 0 Å². The van der Waals surface area contributed by atoms with Gasteiger partial charge < -0.3 is 10.1 Å². The van der Waals surface area contributed by atoms with Crippen molar-refractivity contribution in [1.82, 2.24) is 10.3 Å². The third kappa shape index (κ3) is 3.96. The van der Waals surface area contributed by atoms with Gasteiger partial charge in [0, 0.05) is 5.38 Å². The highest BCUT2D eigenvalue weighted by atomic mass is 32.1. The van der Waals surface area contributed by atoms with E-state index in [0.29, 0.717) is 5.13 Å². The number of anilines is 1. The predicted octanol–water partition coefficient (Wildman–Crippen LogP) is 3.23. The average Bonchev–Trinajstić information content (AvgIpc) is 2.77. The number of benzene rings is 1. The number of hydrogen-bond donors (Lipinski definition) is 2. The molecular formula is C14H17N3O2S. The van der Waals surface area contributed by atoms with Crippen molar-refractivity contribution in [3.8, 4) is 5.75 Å². The molecule has 1 aromatic heterocycles. The summed E-state index contributed by atoms with van der Waals surface area (Å²) in [4.78, 5) is 15.8. The Morgan fingerprint density at radius 3 is 2.80 bits per heavy atom. The van der Waals surface area contributed by atoms with Gasteiger partial charge in [-0.25, -0.2) is 9.78 Å². The number of aromatic nitrogens is 1. The molecule has 6 heteroatoms. The summed E-state index contributed by atoms with van der Waals surface area (Å²) in [5, 5.41) is 7.73. The number of hydrogen-bond acceptors (Lipinski definition) is 4. The van der Waals surface area contributed by atoms with Crippen LogP contribution in [0.25, 0.3) is 0 Å². The van der Waals surface area contributed by atoms with Gasteiger partial charge >= 0.3 is 6.03 Å². The lowest BCUT2D eigenvalue weighted by atomic mass is 10.1. The second-order valence-electron chi connectivity index (χ2n) is 4.48. The Balaban J connectivity index is 1.79. The van der Waals surface area contributed by atoms with Crippen LogP contribution in [0, 0.1) is 20.8 Å². The number of aryl methyl sites for hydroxylation is 3. The van der Waals surface area contributed by atoms with E-state index in [4.69, 9.17) is 4.74 Å². The number of amides is 2. The van der Waals surface area contributed by atoms with Gasteiger partial charge in [-0.05, 0) is 32.4 Å². The standard InChI is InChI=1S/C14H17N3O2S/c1-9-4-5-12(10(2)6-9)19-8-15-13(18)17-14-16-11(3)7-20-14/h4-7H,8H2,1-3H3,(H2,15,16,17,18). The van der Waals surface area contributed by atoms with Crippen molar-refractivity contribution in [3.63, 3.8) is 0 Å². The summed E-state index contributed by atoms with van der Waals surface area (Å²) in [6.45, 7) is 5.99. The van der Waals surface area contributed by atoms with Gasteiger partial charge in [0.25, 0.3) is 0 Å². The van der Waals surface area contributed by atoms with Crippen LogP contribution in [0.2, 0.25) is 0 Å². The van der Waals surface area contributed by atoms with E-state index in [1.54, 1.807) is 0 Å². The maximum atomic E-state index is 11.6. The lowest BCUT2D eigenvalue weighted by Crippen LogP contribution is -2.32. The molecule has 106 valence electrons. The molecule has 0 bridgehead atoms. The van der Waals surface area contributed by atoms with Crippen LogP contribution < -0.4 is 15.4 Å². The summed E-state index contributed by atoms with van der Waals surface area (Å²) in [6, 6.07) is 5.58. The Morgan fingerprint density at radius 1 is 1.35 bits per heavy atom. The minimum absolute atomic E-state index is 0.111. The molecule has 0 unspecified atom stereocenters. The Kier molecular flexibility index (Phi) is 4.57. The Morgan fingerprint density at radius 2 is 2.15 bits per heavy atom. The van der Waals surface area contributed by atoms with Gasteiger partial charge in [0.15, 0.2) is 11.9 Å². The number of carbonyl (C=O) groups excluding carboxylic acids is 1. The smallest absolute Gasteiger partial charge is 0.323 e. The van der Waals surface area contributed by atoms with Gasteiger partial charge in [0.1, 0.15) is 5.75 Å². The molecule has 0 radical (unpaired) electrons. The van der Waals surface area contributed by atoms with Gasteiger partial charge in [-0.2, -0.15) is 0 Å². The first-order valence-electron chi connectivity index (χ1n) is 6.21. The predicted molar refractivity (Wildman–Crippen MR) is 80.4 cm³/mol. The van der Waals surface area contributed by atoms with Crippen LogP contribution in [0.5, 0.6) is 5.75 Å². The molecule has 0 aliphatic heterocycles. The van der Waals surface area contributed by atoms with E-state index in [2.05, 4.69) is 15.6 Å². The number of nitrogens with zero attached hydrogens (tertiary/aromatic N) is 1. The lowest BCUT2D eigenvalue weighted by molar-refractivity contribution is 0.234. The summed E-state index contributed by atoms with van der Waals surface area (Å²) < 4.78 is 5.52. The zero-order chi connectivity index (χ0) is 14.5. The Bertz CT molecular complexity index is 610. The van der Waals surface area contributed by atoms with Crippen LogP contribution in [0.15, 0.2) is 23.6 Å². The van der Waals surface area contributed by atoms with Crippen LogP contribution in [0.4, 0.5) is 9.93 Å². The summed E-state index contributed by atoms with van der Waals surface area (Å²) in [5.74, 6) is 0.765. The summed E-state index contributed by atoms with van der Waals surface area (Å²) >= 11 is 1.39. The molecule has 0 atom stereocenters. The van der Waals surface area contributed by atoms with Gasteiger partial charge in [0.05, 0.1) is 5.69 Å². The van der Waals surface area contributed by atoms with Crippen molar-refractivity contribution in [2.75, 3.05) is 12.0 Å². The van der Waals surface area contributed by atoms with Crippen LogP contribution in [-0.2, 0) is 0 Å². The van der Waals surface area contributed by atoms with Gasteiger partial charge in [0.2, 0.25) is 0 Å². The lowest BCUT2D eigenvalue weighted by Gasteiger charge is -2.10. The fourth-order valence-corrected chi connectivity index (χ4v) is 2.38. The van der Waals surface area contributed by atoms with Crippen molar-refractivity contribution in [3.05, 3.63) is 40.4 Å². The maximum absolute atomic E-state index is 11.6. The Hall–Kier alpha value is -2.08. The minimum Gasteiger partial charge on any atom is -0.473 e. The normalized spacial score (nSPS) is 10.2. The zero-order valence-electron chi connectivity index (χ0n) is 11.7. The molecule has 0 saturated heterocycles. The van der Waals surface area contributed by atoms with Crippen molar-refractivity contribution in [2.45, 2.75) is 20.8 Å². The number of carbonyl (C=O) groups is 1. The van der Waals surface area contributed by atoms with Crippen molar-refractivity contribution in [1.29, 1.82) is 0 Å². The molecule has 1 heterocycles. The molecule has 0 aliphatic carbocycles. The number of urea groups is 1. The molecule has 2 aromatic rings. The third-order valence-electron chi connectivity index (χ3n) is 2.63. The van der Waals surface area contributed by atoms with Crippen molar-refractivity contribution in [2.24, 2.45) is 0 Å². The van der Waals surface area contributed by atoms with Crippen LogP contribution in [0.1, 0.15) is 16.8 Å². The van der Waals surface area contributed by atoms with Crippen molar-refractivity contribution < 1.29 is 9.53 Å². The first-order chi connectivity index (χ1) is 9.54. The fraction of sp³-hybridized carbons (Fsp3) is 0.286. The molecular weight excluding hydrogens is 274 g/mol. The average molecular weight is 291 g/mol. The minimum atomic E-state index is -0.330. The molecule has 0 fully saturated rings. The van der Waals surface area contributed by atoms with E-state index in [0.717, 1.165) is 17.0 Å². The zero-order valence-corrected chi connectivity index (χ0v) is 12.5. The topological polar surface area (TPSA) is 63.2 Å². The highest BCUT2D eigenvalue weighted by Crippen LogP contribution is 2.18. The summed E-state index contributed by atoms with van der Waals surface area (Å²) in [5.41, 5.74) is 3.11. The quantitative estimate of drug-likeness (QED) is 0.850. The molecule has 0 aliphatic rings. The monoisotopic (exact) mass is 291 g/mol. The van der Waals surface area contributed by atoms with Crippen LogP contribution >= 0.6 is 11.3 Å². The molecule has 20 heavy (non-hydrogen) atoms. The van der Waals surface area contributed by atoms with E-state index in [-0.39, 0.29) is 12.8 Å². The molecule has 0 spiro atoms. The number of nitrogens with one attached hydrogen (secondary N) is 2. The molecule has 2 N–H and O–H groups in total. The fourth-order valence-electron chi connectivity index (χ4n) is 1.69. The van der Waals surface area contributed by atoms with E-state index in [1.165, 1.54) is 16.9 Å². The first kappa shape index (κ1) is 14.3. The second kappa shape index (κ2) is 6.38. The number of rotatable bonds is 4. The molecule has 2 rings (SSSR count).